The van der Waals surface area contributed by atoms with Crippen LogP contribution in [0.4, 0.5) is 0 Å². The third-order valence-corrected chi connectivity index (χ3v) is 2.33. The molecule has 4 heteroatoms. The van der Waals surface area contributed by atoms with Crippen LogP contribution >= 0.6 is 0 Å². The zero-order valence-electron chi connectivity index (χ0n) is 10.8. The molecule has 0 spiro atoms. The lowest BCUT2D eigenvalue weighted by Gasteiger charge is -2.24. The minimum absolute atomic E-state index is 0.0519. The van der Waals surface area contributed by atoms with Crippen molar-refractivity contribution in [3.63, 3.8) is 0 Å². The van der Waals surface area contributed by atoms with Crippen LogP contribution in [0.2, 0.25) is 0 Å². The zero-order valence-corrected chi connectivity index (χ0v) is 10.8. The third-order valence-electron chi connectivity index (χ3n) is 2.33. The Kier molecular flexibility index (Phi) is 6.60. The average molecular weight is 231 g/mol. The van der Waals surface area contributed by atoms with E-state index < -0.39 is 5.97 Å². The van der Waals surface area contributed by atoms with Gasteiger partial charge in [-0.05, 0) is 45.6 Å². The first-order valence-corrected chi connectivity index (χ1v) is 5.80. The van der Waals surface area contributed by atoms with Crippen molar-refractivity contribution in [2.75, 3.05) is 13.2 Å². The van der Waals surface area contributed by atoms with Gasteiger partial charge in [-0.15, -0.1) is 0 Å². The Morgan fingerprint density at radius 2 is 2.00 bits per heavy atom. The van der Waals surface area contributed by atoms with Crippen molar-refractivity contribution in [3.05, 3.63) is 0 Å². The number of hydrogen-bond donors (Lipinski definition) is 2. The molecular formula is C12H25NO3. The fourth-order valence-electron chi connectivity index (χ4n) is 1.54. The smallest absolute Gasteiger partial charge is 0.303 e. The highest BCUT2D eigenvalue weighted by Crippen LogP contribution is 2.17. The van der Waals surface area contributed by atoms with Crippen molar-refractivity contribution in [1.82, 2.24) is 0 Å². The highest BCUT2D eigenvalue weighted by atomic mass is 16.5. The molecule has 0 saturated heterocycles. The molecule has 0 saturated carbocycles. The molecule has 0 radical (unpaired) electrons. The van der Waals surface area contributed by atoms with E-state index in [-0.39, 0.29) is 17.9 Å². The molecule has 0 amide bonds. The molecule has 0 aliphatic carbocycles. The quantitative estimate of drug-likeness (QED) is 0.701. The van der Waals surface area contributed by atoms with Crippen molar-refractivity contribution in [3.8, 4) is 0 Å². The van der Waals surface area contributed by atoms with Crippen molar-refractivity contribution < 1.29 is 14.6 Å². The maximum Gasteiger partial charge on any atom is 0.303 e. The maximum absolute atomic E-state index is 10.6. The minimum Gasteiger partial charge on any atom is -0.481 e. The summed E-state index contributed by atoms with van der Waals surface area (Å²) in [4.78, 5) is 10.6. The van der Waals surface area contributed by atoms with E-state index in [1.165, 1.54) is 0 Å². The zero-order chi connectivity index (χ0) is 12.8. The molecule has 0 heterocycles. The van der Waals surface area contributed by atoms with Crippen LogP contribution in [0.25, 0.3) is 0 Å². The van der Waals surface area contributed by atoms with Crippen molar-refractivity contribution in [2.24, 2.45) is 17.6 Å². The van der Waals surface area contributed by atoms with Gasteiger partial charge in [0, 0.05) is 13.0 Å². The second-order valence-corrected chi connectivity index (χ2v) is 5.46. The number of carboxylic acids is 1. The van der Waals surface area contributed by atoms with Crippen LogP contribution in [0, 0.1) is 11.8 Å². The van der Waals surface area contributed by atoms with Crippen molar-refractivity contribution in [2.45, 2.75) is 46.1 Å². The molecule has 0 aliphatic rings. The molecule has 0 bridgehead atoms. The van der Waals surface area contributed by atoms with Crippen LogP contribution in [-0.2, 0) is 9.53 Å². The molecular weight excluding hydrogens is 206 g/mol. The third kappa shape index (κ3) is 8.68. The molecule has 0 rings (SSSR count). The van der Waals surface area contributed by atoms with E-state index in [0.29, 0.717) is 19.1 Å². The van der Waals surface area contributed by atoms with Crippen LogP contribution in [0.5, 0.6) is 0 Å². The highest BCUT2D eigenvalue weighted by molar-refractivity contribution is 5.67. The summed E-state index contributed by atoms with van der Waals surface area (Å²) in [7, 11) is 0. The van der Waals surface area contributed by atoms with Crippen LogP contribution in [0.3, 0.4) is 0 Å². The molecule has 4 nitrogen and oxygen atoms in total. The molecule has 96 valence electrons. The van der Waals surface area contributed by atoms with Gasteiger partial charge in [-0.25, -0.2) is 0 Å². The van der Waals surface area contributed by atoms with Crippen molar-refractivity contribution in [1.29, 1.82) is 0 Å². The molecule has 3 N–H and O–H groups in total. The number of ether oxygens (including phenoxy) is 1. The second kappa shape index (κ2) is 6.86. The first-order valence-electron chi connectivity index (χ1n) is 5.80. The normalized spacial score (nSPS) is 15.8. The monoisotopic (exact) mass is 231 g/mol. The van der Waals surface area contributed by atoms with Gasteiger partial charge in [0.05, 0.1) is 5.60 Å². The number of aliphatic carboxylic acids is 1. The number of hydrogen-bond acceptors (Lipinski definition) is 3. The summed E-state index contributed by atoms with van der Waals surface area (Å²) >= 11 is 0. The lowest BCUT2D eigenvalue weighted by atomic mass is 9.93. The minimum atomic E-state index is -0.778. The van der Waals surface area contributed by atoms with Crippen LogP contribution < -0.4 is 5.73 Å². The summed E-state index contributed by atoms with van der Waals surface area (Å²) in [5.74, 6) is -0.386. The van der Waals surface area contributed by atoms with E-state index in [9.17, 15) is 4.79 Å². The molecule has 2 unspecified atom stereocenters. The number of carbonyl (C=O) groups is 1. The Labute approximate surface area is 98.2 Å². The SMILES string of the molecule is CC(COC(C)(C)C)CC(CN)CC(=O)O. The Bertz CT molecular complexity index is 211. The number of carboxylic acid groups (broad SMARTS) is 1. The van der Waals surface area contributed by atoms with Gasteiger partial charge in [-0.1, -0.05) is 6.92 Å². The summed E-state index contributed by atoms with van der Waals surface area (Å²) in [5.41, 5.74) is 5.41. The van der Waals surface area contributed by atoms with Gasteiger partial charge in [0.15, 0.2) is 0 Å². The molecule has 0 aliphatic heterocycles. The molecule has 0 aromatic heterocycles. The predicted octanol–water partition coefficient (Wildman–Crippen LogP) is 1.88. The topological polar surface area (TPSA) is 72.5 Å². The number of rotatable bonds is 7. The van der Waals surface area contributed by atoms with E-state index in [4.69, 9.17) is 15.6 Å². The van der Waals surface area contributed by atoms with E-state index in [1.54, 1.807) is 0 Å². The van der Waals surface area contributed by atoms with Gasteiger partial charge in [-0.3, -0.25) is 4.79 Å². The number of nitrogens with two attached hydrogens (primary N) is 1. The standard InChI is InChI=1S/C12H25NO3/c1-9(8-16-12(2,3)4)5-10(7-13)6-11(14)15/h9-10H,5-8,13H2,1-4H3,(H,14,15). The van der Waals surface area contributed by atoms with E-state index in [1.807, 2.05) is 20.8 Å². The fraction of sp³-hybridized carbons (Fsp3) is 0.917. The molecule has 0 aromatic rings. The second-order valence-electron chi connectivity index (χ2n) is 5.46. The van der Waals surface area contributed by atoms with Gasteiger partial charge < -0.3 is 15.6 Å². The van der Waals surface area contributed by atoms with Gasteiger partial charge >= 0.3 is 5.97 Å². The summed E-state index contributed by atoms with van der Waals surface area (Å²) in [6, 6.07) is 0. The predicted molar refractivity (Wildman–Crippen MR) is 64.3 cm³/mol. The average Bonchev–Trinajstić information content (AvgIpc) is 2.12. The van der Waals surface area contributed by atoms with Crippen LogP contribution in [0.1, 0.15) is 40.5 Å². The molecule has 2 atom stereocenters. The van der Waals surface area contributed by atoms with Gasteiger partial charge in [0.1, 0.15) is 0 Å². The lowest BCUT2D eigenvalue weighted by molar-refractivity contribution is -0.138. The lowest BCUT2D eigenvalue weighted by Crippen LogP contribution is -2.26. The van der Waals surface area contributed by atoms with E-state index in [0.717, 1.165) is 6.42 Å². The maximum atomic E-state index is 10.6. The highest BCUT2D eigenvalue weighted by Gasteiger charge is 2.17. The fourth-order valence-corrected chi connectivity index (χ4v) is 1.54. The summed E-state index contributed by atoms with van der Waals surface area (Å²) in [6.07, 6.45) is 0.954. The van der Waals surface area contributed by atoms with Gasteiger partial charge in [0.25, 0.3) is 0 Å². The molecule has 0 aromatic carbocycles. The Morgan fingerprint density at radius 3 is 2.38 bits per heavy atom. The molecule has 16 heavy (non-hydrogen) atoms. The Hall–Kier alpha value is -0.610. The van der Waals surface area contributed by atoms with E-state index in [2.05, 4.69) is 6.92 Å². The first kappa shape index (κ1) is 15.4. The van der Waals surface area contributed by atoms with Crippen LogP contribution in [0.15, 0.2) is 0 Å². The van der Waals surface area contributed by atoms with Gasteiger partial charge in [0.2, 0.25) is 0 Å². The summed E-state index contributed by atoms with van der Waals surface area (Å²) in [6.45, 7) is 9.17. The Morgan fingerprint density at radius 1 is 1.44 bits per heavy atom. The summed E-state index contributed by atoms with van der Waals surface area (Å²) in [5, 5.41) is 8.70. The first-order chi connectivity index (χ1) is 7.24. The largest absolute Gasteiger partial charge is 0.481 e. The van der Waals surface area contributed by atoms with Gasteiger partial charge in [-0.2, -0.15) is 0 Å². The summed E-state index contributed by atoms with van der Waals surface area (Å²) < 4.78 is 5.65. The molecule has 0 fully saturated rings. The van der Waals surface area contributed by atoms with E-state index >= 15 is 0 Å². The van der Waals surface area contributed by atoms with Crippen LogP contribution in [-0.4, -0.2) is 29.8 Å². The Balaban J connectivity index is 3.91. The van der Waals surface area contributed by atoms with Crippen molar-refractivity contribution >= 4 is 5.97 Å².